The standard InChI is InChI=1S/C8H9N3O2S/c1-5(7(12)13-2)6-3-11-8(10-6)14-4-9-11/h3-5H,1-2H3. The van der Waals surface area contributed by atoms with Crippen molar-refractivity contribution in [2.45, 2.75) is 12.8 Å². The first-order valence-electron chi connectivity index (χ1n) is 4.09. The molecule has 0 aromatic carbocycles. The van der Waals surface area contributed by atoms with Crippen LogP contribution in [0.5, 0.6) is 0 Å². The fourth-order valence-electron chi connectivity index (χ4n) is 1.16. The molecule has 0 fully saturated rings. The zero-order valence-electron chi connectivity index (χ0n) is 7.80. The van der Waals surface area contributed by atoms with Crippen LogP contribution < -0.4 is 0 Å². The van der Waals surface area contributed by atoms with Gasteiger partial charge in [0.25, 0.3) is 0 Å². The highest BCUT2D eigenvalue weighted by Crippen LogP contribution is 2.17. The molecule has 0 N–H and O–H groups in total. The summed E-state index contributed by atoms with van der Waals surface area (Å²) in [6, 6.07) is 0. The molecule has 1 atom stereocenters. The number of fused-ring (bicyclic) bond motifs is 1. The van der Waals surface area contributed by atoms with E-state index in [-0.39, 0.29) is 11.9 Å². The number of hydrogen-bond acceptors (Lipinski definition) is 5. The first-order chi connectivity index (χ1) is 6.72. The maximum absolute atomic E-state index is 11.2. The summed E-state index contributed by atoms with van der Waals surface area (Å²) >= 11 is 1.43. The molecule has 2 heterocycles. The van der Waals surface area contributed by atoms with Crippen LogP contribution in [0, 0.1) is 0 Å². The van der Waals surface area contributed by atoms with Gasteiger partial charge in [0.05, 0.1) is 24.9 Å². The third-order valence-corrected chi connectivity index (χ3v) is 2.69. The molecule has 74 valence electrons. The molecular weight excluding hydrogens is 202 g/mol. The minimum absolute atomic E-state index is 0.282. The van der Waals surface area contributed by atoms with E-state index < -0.39 is 0 Å². The lowest BCUT2D eigenvalue weighted by Crippen LogP contribution is -2.10. The SMILES string of the molecule is COC(=O)C(C)c1cn2ncsc2n1. The number of ether oxygens (including phenoxy) is 1. The monoisotopic (exact) mass is 211 g/mol. The molecule has 2 rings (SSSR count). The van der Waals surface area contributed by atoms with Gasteiger partial charge < -0.3 is 4.74 Å². The van der Waals surface area contributed by atoms with E-state index in [4.69, 9.17) is 0 Å². The molecule has 14 heavy (non-hydrogen) atoms. The minimum atomic E-state index is -0.339. The lowest BCUT2D eigenvalue weighted by atomic mass is 10.1. The third kappa shape index (κ3) is 1.37. The Morgan fingerprint density at radius 3 is 3.14 bits per heavy atom. The number of methoxy groups -OCH3 is 1. The summed E-state index contributed by atoms with van der Waals surface area (Å²) in [5, 5.41) is 4.03. The fraction of sp³-hybridized carbons (Fsp3) is 0.375. The Hall–Kier alpha value is -1.43. The normalized spacial score (nSPS) is 13.0. The Morgan fingerprint density at radius 1 is 1.71 bits per heavy atom. The summed E-state index contributed by atoms with van der Waals surface area (Å²) in [5.41, 5.74) is 2.39. The lowest BCUT2D eigenvalue weighted by Gasteiger charge is -2.03. The topological polar surface area (TPSA) is 56.5 Å². The second-order valence-corrected chi connectivity index (χ2v) is 3.69. The number of carbonyl (C=O) groups excluding carboxylic acids is 1. The summed E-state index contributed by atoms with van der Waals surface area (Å²) in [5.74, 6) is -0.621. The van der Waals surface area contributed by atoms with Crippen molar-refractivity contribution in [1.29, 1.82) is 0 Å². The van der Waals surface area contributed by atoms with E-state index in [2.05, 4.69) is 14.8 Å². The van der Waals surface area contributed by atoms with Crippen LogP contribution in [-0.2, 0) is 9.53 Å². The van der Waals surface area contributed by atoms with Crippen LogP contribution in [-0.4, -0.2) is 27.7 Å². The second-order valence-electron chi connectivity index (χ2n) is 2.88. The van der Waals surface area contributed by atoms with Gasteiger partial charge in [0.15, 0.2) is 0 Å². The molecule has 0 saturated carbocycles. The van der Waals surface area contributed by atoms with Crippen molar-refractivity contribution in [3.63, 3.8) is 0 Å². The molecule has 0 aliphatic rings. The summed E-state index contributed by atoms with van der Waals surface area (Å²) in [6.45, 7) is 1.76. The molecule has 0 saturated heterocycles. The van der Waals surface area contributed by atoms with E-state index in [9.17, 15) is 4.79 Å². The molecule has 2 aromatic rings. The van der Waals surface area contributed by atoms with Crippen molar-refractivity contribution in [1.82, 2.24) is 14.6 Å². The highest BCUT2D eigenvalue weighted by molar-refractivity contribution is 7.14. The van der Waals surface area contributed by atoms with Crippen LogP contribution in [0.15, 0.2) is 11.7 Å². The molecule has 0 radical (unpaired) electrons. The largest absolute Gasteiger partial charge is 0.469 e. The van der Waals surface area contributed by atoms with Crippen molar-refractivity contribution in [3.05, 3.63) is 17.4 Å². The molecule has 5 nitrogen and oxygen atoms in total. The Balaban J connectivity index is 2.34. The van der Waals surface area contributed by atoms with Gasteiger partial charge in [-0.3, -0.25) is 4.79 Å². The molecule has 0 spiro atoms. The highest BCUT2D eigenvalue weighted by Gasteiger charge is 2.19. The van der Waals surface area contributed by atoms with Gasteiger partial charge in [-0.1, -0.05) is 11.3 Å². The van der Waals surface area contributed by atoms with Gasteiger partial charge in [-0.25, -0.2) is 9.50 Å². The van der Waals surface area contributed by atoms with Crippen molar-refractivity contribution in [2.24, 2.45) is 0 Å². The number of rotatable bonds is 2. The van der Waals surface area contributed by atoms with E-state index in [0.717, 1.165) is 4.96 Å². The van der Waals surface area contributed by atoms with E-state index in [1.807, 2.05) is 0 Å². The number of hydrogen-bond donors (Lipinski definition) is 0. The molecule has 6 heteroatoms. The van der Waals surface area contributed by atoms with Crippen LogP contribution in [0.2, 0.25) is 0 Å². The fourth-order valence-corrected chi connectivity index (χ4v) is 1.77. The average molecular weight is 211 g/mol. The van der Waals surface area contributed by atoms with Gasteiger partial charge >= 0.3 is 5.97 Å². The zero-order chi connectivity index (χ0) is 10.1. The summed E-state index contributed by atoms with van der Waals surface area (Å²) < 4.78 is 6.29. The molecular formula is C8H9N3O2S. The number of carbonyl (C=O) groups is 1. The number of aromatic nitrogens is 3. The number of imidazole rings is 1. The van der Waals surface area contributed by atoms with E-state index in [0.29, 0.717) is 5.69 Å². The van der Waals surface area contributed by atoms with Gasteiger partial charge in [-0.05, 0) is 6.92 Å². The predicted molar refractivity (Wildman–Crippen MR) is 51.3 cm³/mol. The van der Waals surface area contributed by atoms with Crippen LogP contribution in [0.4, 0.5) is 0 Å². The Bertz CT molecular complexity index is 433. The lowest BCUT2D eigenvalue weighted by molar-refractivity contribution is -0.142. The number of nitrogens with zero attached hydrogens (tertiary/aromatic N) is 3. The second kappa shape index (κ2) is 3.38. The van der Waals surface area contributed by atoms with Gasteiger partial charge in [-0.15, -0.1) is 0 Å². The average Bonchev–Trinajstić information content (AvgIpc) is 2.74. The molecule has 0 amide bonds. The van der Waals surface area contributed by atoms with E-state index in [1.165, 1.54) is 18.4 Å². The van der Waals surface area contributed by atoms with Crippen molar-refractivity contribution >= 4 is 22.3 Å². The van der Waals surface area contributed by atoms with E-state index in [1.54, 1.807) is 23.1 Å². The van der Waals surface area contributed by atoms with Gasteiger partial charge in [-0.2, -0.15) is 5.10 Å². The van der Waals surface area contributed by atoms with Gasteiger partial charge in [0, 0.05) is 0 Å². The Kier molecular flexibility index (Phi) is 2.20. The summed E-state index contributed by atoms with van der Waals surface area (Å²) in [4.78, 5) is 16.3. The van der Waals surface area contributed by atoms with Gasteiger partial charge in [0.1, 0.15) is 5.51 Å². The first kappa shape index (κ1) is 9.14. The van der Waals surface area contributed by atoms with Crippen molar-refractivity contribution in [2.75, 3.05) is 7.11 Å². The maximum Gasteiger partial charge on any atom is 0.314 e. The quantitative estimate of drug-likeness (QED) is 0.697. The summed E-state index contributed by atoms with van der Waals surface area (Å²) in [6.07, 6.45) is 1.74. The molecule has 0 aliphatic carbocycles. The Labute approximate surface area is 84.3 Å². The van der Waals surface area contributed by atoms with Crippen molar-refractivity contribution < 1.29 is 9.53 Å². The van der Waals surface area contributed by atoms with Crippen LogP contribution in [0.1, 0.15) is 18.5 Å². The minimum Gasteiger partial charge on any atom is -0.469 e. The van der Waals surface area contributed by atoms with Crippen LogP contribution in [0.3, 0.4) is 0 Å². The number of esters is 1. The molecule has 0 bridgehead atoms. The van der Waals surface area contributed by atoms with Crippen LogP contribution in [0.25, 0.3) is 4.96 Å². The predicted octanol–water partition coefficient (Wildman–Crippen LogP) is 1.07. The first-order valence-corrected chi connectivity index (χ1v) is 4.97. The van der Waals surface area contributed by atoms with E-state index >= 15 is 0 Å². The smallest absolute Gasteiger partial charge is 0.314 e. The Morgan fingerprint density at radius 2 is 2.50 bits per heavy atom. The zero-order valence-corrected chi connectivity index (χ0v) is 8.61. The third-order valence-electron chi connectivity index (χ3n) is 2.00. The van der Waals surface area contributed by atoms with Crippen LogP contribution >= 0.6 is 11.3 Å². The summed E-state index contributed by atoms with van der Waals surface area (Å²) in [7, 11) is 1.37. The molecule has 2 aromatic heterocycles. The molecule has 1 unspecified atom stereocenters. The van der Waals surface area contributed by atoms with Crippen molar-refractivity contribution in [3.8, 4) is 0 Å². The highest BCUT2D eigenvalue weighted by atomic mass is 32.1. The van der Waals surface area contributed by atoms with Gasteiger partial charge in [0.2, 0.25) is 4.96 Å². The maximum atomic E-state index is 11.2. The molecule has 0 aliphatic heterocycles.